The molecule has 0 aliphatic heterocycles. The van der Waals surface area contributed by atoms with E-state index < -0.39 is 0 Å². The Morgan fingerprint density at radius 3 is 2.25 bits per heavy atom. The molecule has 4 fully saturated rings. The smallest absolute Gasteiger partial charge is 0.110 e. The van der Waals surface area contributed by atoms with Crippen molar-refractivity contribution < 1.29 is 4.42 Å². The highest BCUT2D eigenvalue weighted by atomic mass is 16.3. The lowest BCUT2D eigenvalue weighted by molar-refractivity contribution is -0.0155. The first kappa shape index (κ1) is 12.9. The third-order valence-corrected chi connectivity index (χ3v) is 6.15. The fraction of sp³-hybridized carbons (Fsp3) is 0.778. The van der Waals surface area contributed by atoms with Crippen molar-refractivity contribution in [2.45, 2.75) is 63.8 Å². The topological polar surface area (TPSA) is 25.2 Å². The van der Waals surface area contributed by atoms with Gasteiger partial charge in [0, 0.05) is 23.9 Å². The van der Waals surface area contributed by atoms with Crippen molar-refractivity contribution in [1.82, 2.24) is 5.32 Å². The molecule has 0 amide bonds. The summed E-state index contributed by atoms with van der Waals surface area (Å²) < 4.78 is 6.36. The van der Waals surface area contributed by atoms with Crippen LogP contribution in [0.3, 0.4) is 0 Å². The third kappa shape index (κ3) is 1.88. The van der Waals surface area contributed by atoms with Crippen LogP contribution in [0.4, 0.5) is 0 Å². The molecular weight excluding hydrogens is 246 g/mol. The molecule has 1 aromatic rings. The summed E-state index contributed by atoms with van der Waals surface area (Å²) in [7, 11) is 2.02. The maximum Gasteiger partial charge on any atom is 0.110 e. The molecule has 0 spiro atoms. The minimum atomic E-state index is 0.407. The Balaban J connectivity index is 1.69. The molecule has 5 rings (SSSR count). The van der Waals surface area contributed by atoms with Gasteiger partial charge in [0.25, 0.3) is 0 Å². The van der Waals surface area contributed by atoms with E-state index in [1.165, 1.54) is 55.6 Å². The van der Waals surface area contributed by atoms with Gasteiger partial charge in [0.1, 0.15) is 11.5 Å². The molecule has 2 heteroatoms. The van der Waals surface area contributed by atoms with Gasteiger partial charge in [-0.25, -0.2) is 0 Å². The average molecular weight is 273 g/mol. The highest BCUT2D eigenvalue weighted by molar-refractivity contribution is 5.29. The van der Waals surface area contributed by atoms with Gasteiger partial charge in [-0.1, -0.05) is 6.92 Å². The fourth-order valence-corrected chi connectivity index (χ4v) is 5.78. The van der Waals surface area contributed by atoms with E-state index >= 15 is 0 Å². The average Bonchev–Trinajstić information content (AvgIpc) is 2.81. The van der Waals surface area contributed by atoms with Crippen LogP contribution in [0.2, 0.25) is 0 Å². The number of furan rings is 1. The number of rotatable bonds is 4. The normalized spacial score (nSPS) is 38.6. The number of aryl methyl sites for hydroxylation is 1. The standard InChI is InChI=1S/C18H27NO/c1-3-16-15(11-19-2)7-17(20-16)18-8-12-4-13(9-18)6-14(5-12)10-18/h7,12-14,19H,3-6,8-11H2,1-2H3. The van der Waals surface area contributed by atoms with Gasteiger partial charge in [0.05, 0.1) is 0 Å². The Morgan fingerprint density at radius 2 is 1.75 bits per heavy atom. The van der Waals surface area contributed by atoms with Crippen LogP contribution in [0.25, 0.3) is 0 Å². The summed E-state index contributed by atoms with van der Waals surface area (Å²) in [6.45, 7) is 3.15. The maximum absolute atomic E-state index is 6.36. The number of nitrogens with one attached hydrogen (secondary N) is 1. The predicted octanol–water partition coefficient (Wildman–Crippen LogP) is 4.03. The Labute approximate surface area is 122 Å². The van der Waals surface area contributed by atoms with Gasteiger partial charge in [-0.3, -0.25) is 0 Å². The minimum Gasteiger partial charge on any atom is -0.465 e. The van der Waals surface area contributed by atoms with E-state index in [1.807, 2.05) is 7.05 Å². The lowest BCUT2D eigenvalue weighted by atomic mass is 9.49. The van der Waals surface area contributed by atoms with Crippen LogP contribution >= 0.6 is 0 Å². The summed E-state index contributed by atoms with van der Waals surface area (Å²) in [6.07, 6.45) is 9.72. The van der Waals surface area contributed by atoms with Crippen LogP contribution in [0.5, 0.6) is 0 Å². The van der Waals surface area contributed by atoms with Crippen LogP contribution in [0.1, 0.15) is 62.5 Å². The van der Waals surface area contributed by atoms with Crippen LogP contribution in [-0.2, 0) is 18.4 Å². The van der Waals surface area contributed by atoms with E-state index in [0.29, 0.717) is 5.41 Å². The molecule has 0 atom stereocenters. The Hall–Kier alpha value is -0.760. The summed E-state index contributed by atoms with van der Waals surface area (Å²) >= 11 is 0. The maximum atomic E-state index is 6.36. The van der Waals surface area contributed by atoms with Gasteiger partial charge in [0.15, 0.2) is 0 Å². The molecular formula is C18H27NO. The zero-order chi connectivity index (χ0) is 13.7. The van der Waals surface area contributed by atoms with Gasteiger partial charge in [-0.15, -0.1) is 0 Å². The molecule has 1 heterocycles. The van der Waals surface area contributed by atoms with Crippen molar-refractivity contribution in [3.05, 3.63) is 23.2 Å². The van der Waals surface area contributed by atoms with Gasteiger partial charge in [-0.05, 0) is 69.4 Å². The molecule has 1 aromatic heterocycles. The SMILES string of the molecule is CCc1oc(C23CC4CC(CC(C4)C2)C3)cc1CNC. The third-order valence-electron chi connectivity index (χ3n) is 6.15. The molecule has 110 valence electrons. The highest BCUT2D eigenvalue weighted by Crippen LogP contribution is 2.61. The number of hydrogen-bond donors (Lipinski definition) is 1. The minimum absolute atomic E-state index is 0.407. The molecule has 4 aliphatic carbocycles. The summed E-state index contributed by atoms with van der Waals surface area (Å²) in [5.74, 6) is 5.52. The largest absolute Gasteiger partial charge is 0.465 e. The van der Waals surface area contributed by atoms with Gasteiger partial charge < -0.3 is 9.73 Å². The quantitative estimate of drug-likeness (QED) is 0.896. The predicted molar refractivity (Wildman–Crippen MR) is 80.7 cm³/mol. The van der Waals surface area contributed by atoms with Gasteiger partial charge in [0.2, 0.25) is 0 Å². The fourth-order valence-electron chi connectivity index (χ4n) is 5.78. The Kier molecular flexibility index (Phi) is 2.99. The molecule has 20 heavy (non-hydrogen) atoms. The zero-order valence-electron chi connectivity index (χ0n) is 12.9. The van der Waals surface area contributed by atoms with Crippen molar-refractivity contribution in [2.75, 3.05) is 7.05 Å². The first-order valence-corrected chi connectivity index (χ1v) is 8.49. The van der Waals surface area contributed by atoms with Gasteiger partial charge in [-0.2, -0.15) is 0 Å². The first-order valence-electron chi connectivity index (χ1n) is 8.49. The van der Waals surface area contributed by atoms with E-state index in [9.17, 15) is 0 Å². The summed E-state index contributed by atoms with van der Waals surface area (Å²) in [5, 5.41) is 3.29. The zero-order valence-corrected chi connectivity index (χ0v) is 12.9. The lowest BCUT2D eigenvalue weighted by Crippen LogP contribution is -2.48. The molecule has 4 saturated carbocycles. The molecule has 4 aliphatic rings. The van der Waals surface area contributed by atoms with E-state index in [2.05, 4.69) is 18.3 Å². The summed E-state index contributed by atoms with van der Waals surface area (Å²) in [6, 6.07) is 2.39. The van der Waals surface area contributed by atoms with Crippen LogP contribution in [0.15, 0.2) is 10.5 Å². The Morgan fingerprint density at radius 1 is 1.15 bits per heavy atom. The molecule has 0 unspecified atom stereocenters. The molecule has 0 saturated heterocycles. The van der Waals surface area contributed by atoms with Crippen LogP contribution in [0, 0.1) is 17.8 Å². The molecule has 4 bridgehead atoms. The molecule has 1 N–H and O–H groups in total. The van der Waals surface area contributed by atoms with Crippen LogP contribution in [-0.4, -0.2) is 7.05 Å². The van der Waals surface area contributed by atoms with E-state index in [-0.39, 0.29) is 0 Å². The van der Waals surface area contributed by atoms with Crippen LogP contribution < -0.4 is 5.32 Å². The highest BCUT2D eigenvalue weighted by Gasteiger charge is 2.53. The van der Waals surface area contributed by atoms with E-state index in [4.69, 9.17) is 4.42 Å². The first-order chi connectivity index (χ1) is 9.72. The lowest BCUT2D eigenvalue weighted by Gasteiger charge is -2.55. The van der Waals surface area contributed by atoms with E-state index in [0.717, 1.165) is 30.7 Å². The van der Waals surface area contributed by atoms with Crippen molar-refractivity contribution in [3.63, 3.8) is 0 Å². The second-order valence-electron chi connectivity index (χ2n) is 7.64. The van der Waals surface area contributed by atoms with Crippen molar-refractivity contribution in [3.8, 4) is 0 Å². The summed E-state index contributed by atoms with van der Waals surface area (Å²) in [5.41, 5.74) is 1.80. The molecule has 0 aromatic carbocycles. The summed E-state index contributed by atoms with van der Waals surface area (Å²) in [4.78, 5) is 0. The van der Waals surface area contributed by atoms with Crippen molar-refractivity contribution in [2.24, 2.45) is 17.8 Å². The Bertz CT molecular complexity index is 466. The van der Waals surface area contributed by atoms with Crippen molar-refractivity contribution >= 4 is 0 Å². The van der Waals surface area contributed by atoms with E-state index in [1.54, 1.807) is 0 Å². The monoisotopic (exact) mass is 273 g/mol. The second-order valence-corrected chi connectivity index (χ2v) is 7.64. The van der Waals surface area contributed by atoms with Crippen molar-refractivity contribution in [1.29, 1.82) is 0 Å². The van der Waals surface area contributed by atoms with Gasteiger partial charge >= 0.3 is 0 Å². The molecule has 2 nitrogen and oxygen atoms in total. The number of hydrogen-bond acceptors (Lipinski definition) is 2. The second kappa shape index (κ2) is 4.62. The molecule has 0 radical (unpaired) electrons.